The number of sulfone groups is 1. The molecule has 2 atom stereocenters. The molecule has 0 saturated carbocycles. The first-order valence-corrected chi connectivity index (χ1v) is 9.92. The highest BCUT2D eigenvalue weighted by molar-refractivity contribution is 7.91. The van der Waals surface area contributed by atoms with Gasteiger partial charge in [-0.1, -0.05) is 13.8 Å². The Morgan fingerprint density at radius 1 is 1.43 bits per heavy atom. The minimum atomic E-state index is -2.97. The Bertz CT molecular complexity index is 664. The largest absolute Gasteiger partial charge is 0.350 e. The molecule has 128 valence electrons. The number of hydrogen-bond donors (Lipinski definition) is 1. The maximum Gasteiger partial charge on any atom is 0.227 e. The molecule has 2 fully saturated rings. The Hall–Kier alpha value is -1.41. The summed E-state index contributed by atoms with van der Waals surface area (Å²) in [7, 11) is -0.984. The maximum atomic E-state index is 12.0. The van der Waals surface area contributed by atoms with E-state index in [9.17, 15) is 8.42 Å². The Morgan fingerprint density at radius 3 is 2.96 bits per heavy atom. The predicted octanol–water partition coefficient (Wildman–Crippen LogP) is 0.144. The first-order valence-electron chi connectivity index (χ1n) is 8.10. The van der Waals surface area contributed by atoms with Crippen molar-refractivity contribution in [3.63, 3.8) is 0 Å². The van der Waals surface area contributed by atoms with Crippen LogP contribution in [-0.2, 0) is 9.84 Å². The summed E-state index contributed by atoms with van der Waals surface area (Å²) in [4.78, 5) is 13.2. The average molecular weight is 339 g/mol. The van der Waals surface area contributed by atoms with Crippen LogP contribution in [-0.4, -0.2) is 68.7 Å². The zero-order chi connectivity index (χ0) is 16.6. The van der Waals surface area contributed by atoms with Crippen molar-refractivity contribution in [2.75, 3.05) is 48.0 Å². The van der Waals surface area contributed by atoms with E-state index in [1.165, 1.54) is 0 Å². The Morgan fingerprint density at radius 2 is 2.22 bits per heavy atom. The summed E-state index contributed by atoms with van der Waals surface area (Å²) >= 11 is 0. The first kappa shape index (κ1) is 16.4. The molecule has 1 N–H and O–H groups in total. The van der Waals surface area contributed by atoms with Gasteiger partial charge >= 0.3 is 0 Å². The lowest BCUT2D eigenvalue weighted by Gasteiger charge is -2.38. The van der Waals surface area contributed by atoms with E-state index in [1.807, 2.05) is 18.0 Å². The van der Waals surface area contributed by atoms with Gasteiger partial charge in [0.2, 0.25) is 5.95 Å². The first-order chi connectivity index (χ1) is 10.9. The second-order valence-electron chi connectivity index (χ2n) is 6.89. The molecule has 23 heavy (non-hydrogen) atoms. The van der Waals surface area contributed by atoms with Gasteiger partial charge in [-0.05, 0) is 12.0 Å². The lowest BCUT2D eigenvalue weighted by molar-refractivity contribution is 0.422. The number of rotatable bonds is 4. The van der Waals surface area contributed by atoms with E-state index in [0.29, 0.717) is 11.9 Å². The van der Waals surface area contributed by atoms with E-state index in [-0.39, 0.29) is 23.6 Å². The van der Waals surface area contributed by atoms with Gasteiger partial charge in [-0.15, -0.1) is 0 Å². The van der Waals surface area contributed by atoms with Gasteiger partial charge in [-0.25, -0.2) is 13.4 Å². The van der Waals surface area contributed by atoms with Crippen LogP contribution in [0.4, 0.5) is 11.8 Å². The number of nitrogens with zero attached hydrogens (tertiary/aromatic N) is 4. The third-order valence-electron chi connectivity index (χ3n) is 4.39. The number of fused-ring (bicyclic) bond motifs is 1. The van der Waals surface area contributed by atoms with Crippen LogP contribution >= 0.6 is 0 Å². The minimum Gasteiger partial charge on any atom is -0.350 e. The predicted molar refractivity (Wildman–Crippen MR) is 91.7 cm³/mol. The molecule has 0 spiro atoms. The van der Waals surface area contributed by atoms with Gasteiger partial charge < -0.3 is 15.1 Å². The second kappa shape index (κ2) is 6.24. The molecule has 8 heteroatoms. The highest BCUT2D eigenvalue weighted by atomic mass is 32.2. The second-order valence-corrected chi connectivity index (χ2v) is 9.04. The van der Waals surface area contributed by atoms with E-state index < -0.39 is 9.84 Å². The number of nitrogens with one attached hydrogen (secondary N) is 1. The molecule has 1 aromatic heterocycles. The van der Waals surface area contributed by atoms with Gasteiger partial charge in [0, 0.05) is 38.9 Å². The van der Waals surface area contributed by atoms with Crippen LogP contribution < -0.4 is 15.1 Å². The molecule has 2 aliphatic heterocycles. The molecule has 2 saturated heterocycles. The average Bonchev–Trinajstić information content (AvgIpc) is 2.80. The molecule has 0 bridgehead atoms. The van der Waals surface area contributed by atoms with Crippen LogP contribution in [0.3, 0.4) is 0 Å². The van der Waals surface area contributed by atoms with Crippen LogP contribution in [0.1, 0.15) is 13.8 Å². The van der Waals surface area contributed by atoms with Gasteiger partial charge in [0.1, 0.15) is 5.82 Å². The Kier molecular flexibility index (Phi) is 4.46. The van der Waals surface area contributed by atoms with E-state index in [0.717, 1.165) is 25.5 Å². The molecule has 0 amide bonds. The molecule has 0 unspecified atom stereocenters. The topological polar surface area (TPSA) is 78.4 Å². The molecular formula is C15H25N5O2S. The molecule has 0 aliphatic carbocycles. The summed E-state index contributed by atoms with van der Waals surface area (Å²) in [6, 6.07) is 1.84. The maximum absolute atomic E-state index is 12.0. The van der Waals surface area contributed by atoms with Crippen molar-refractivity contribution in [2.24, 2.45) is 5.92 Å². The zero-order valence-electron chi connectivity index (χ0n) is 13.9. The molecule has 1 aromatic rings. The van der Waals surface area contributed by atoms with Crippen LogP contribution in [0.5, 0.6) is 0 Å². The third kappa shape index (κ3) is 3.58. The number of hydrogen-bond acceptors (Lipinski definition) is 7. The highest BCUT2D eigenvalue weighted by Gasteiger charge is 2.43. The van der Waals surface area contributed by atoms with E-state index in [4.69, 9.17) is 0 Å². The summed E-state index contributed by atoms with van der Waals surface area (Å²) in [6.07, 6.45) is 1.76. The molecule has 0 aromatic carbocycles. The SMILES string of the molecule is CC(C)CN(C)c1nccc(N2CCN[C@H]3CS(=O)(=O)C[C@H]32)n1. The molecule has 2 aliphatic rings. The molecule has 0 radical (unpaired) electrons. The normalized spacial score (nSPS) is 26.3. The van der Waals surface area contributed by atoms with Crippen molar-refractivity contribution in [1.82, 2.24) is 15.3 Å². The van der Waals surface area contributed by atoms with E-state index in [1.54, 1.807) is 6.20 Å². The highest BCUT2D eigenvalue weighted by Crippen LogP contribution is 2.26. The fourth-order valence-corrected chi connectivity index (χ4v) is 5.42. The summed E-state index contributed by atoms with van der Waals surface area (Å²) in [5, 5.41) is 3.33. The van der Waals surface area contributed by atoms with Crippen LogP contribution in [0.25, 0.3) is 0 Å². The molecule has 7 nitrogen and oxygen atoms in total. The lowest BCUT2D eigenvalue weighted by Crippen LogP contribution is -2.57. The minimum absolute atomic E-state index is 0.000518. The van der Waals surface area contributed by atoms with Crippen LogP contribution in [0, 0.1) is 5.92 Å². The van der Waals surface area contributed by atoms with Crippen molar-refractivity contribution in [1.29, 1.82) is 0 Å². The van der Waals surface area contributed by atoms with Crippen molar-refractivity contribution < 1.29 is 8.42 Å². The van der Waals surface area contributed by atoms with Crippen molar-refractivity contribution in [3.05, 3.63) is 12.3 Å². The fourth-order valence-electron chi connectivity index (χ4n) is 3.46. The monoisotopic (exact) mass is 339 g/mol. The van der Waals surface area contributed by atoms with Gasteiger partial charge in [-0.2, -0.15) is 4.98 Å². The Balaban J connectivity index is 1.83. The Labute approximate surface area is 138 Å². The summed E-state index contributed by atoms with van der Waals surface area (Å²) in [6.45, 7) is 6.74. The van der Waals surface area contributed by atoms with E-state index in [2.05, 4.69) is 34.0 Å². The number of aromatic nitrogens is 2. The van der Waals surface area contributed by atoms with Crippen molar-refractivity contribution in [2.45, 2.75) is 25.9 Å². The van der Waals surface area contributed by atoms with Gasteiger partial charge in [-0.3, -0.25) is 0 Å². The fraction of sp³-hybridized carbons (Fsp3) is 0.733. The third-order valence-corrected chi connectivity index (χ3v) is 6.10. The number of piperazine rings is 1. The summed E-state index contributed by atoms with van der Waals surface area (Å²) in [5.74, 6) is 2.45. The van der Waals surface area contributed by atoms with Gasteiger partial charge in [0.15, 0.2) is 9.84 Å². The molecule has 3 rings (SSSR count). The summed E-state index contributed by atoms with van der Waals surface area (Å²) < 4.78 is 23.9. The lowest BCUT2D eigenvalue weighted by atomic mass is 10.1. The number of anilines is 2. The van der Waals surface area contributed by atoms with E-state index >= 15 is 0 Å². The quantitative estimate of drug-likeness (QED) is 0.836. The van der Waals surface area contributed by atoms with Crippen molar-refractivity contribution in [3.8, 4) is 0 Å². The summed E-state index contributed by atoms with van der Waals surface area (Å²) in [5.41, 5.74) is 0. The smallest absolute Gasteiger partial charge is 0.227 e. The molecular weight excluding hydrogens is 314 g/mol. The van der Waals surface area contributed by atoms with Crippen LogP contribution in [0.2, 0.25) is 0 Å². The van der Waals surface area contributed by atoms with Crippen molar-refractivity contribution >= 4 is 21.6 Å². The van der Waals surface area contributed by atoms with Gasteiger partial charge in [0.05, 0.1) is 17.5 Å². The standard InChI is InChI=1S/C15H25N5O2S/c1-11(2)8-19(3)15-17-5-4-14(18-15)20-7-6-16-12-9-23(21,22)10-13(12)20/h4-5,11-13,16H,6-10H2,1-3H3/t12-,13+/m0/s1. The van der Waals surface area contributed by atoms with Crippen LogP contribution in [0.15, 0.2) is 12.3 Å². The zero-order valence-corrected chi connectivity index (χ0v) is 14.8. The van der Waals surface area contributed by atoms with Gasteiger partial charge in [0.25, 0.3) is 0 Å². The molecule has 3 heterocycles.